The monoisotopic (exact) mass is 308 g/mol. The Balaban J connectivity index is 2.42. The molecule has 1 N–H and O–H groups in total. The maximum atomic E-state index is 8.50. The molecule has 0 bridgehead atoms. The molecule has 3 heteroatoms. The zero-order valence-electron chi connectivity index (χ0n) is 8.25. The summed E-state index contributed by atoms with van der Waals surface area (Å²) in [7, 11) is 0. The van der Waals surface area contributed by atoms with Crippen LogP contribution in [0.4, 0.5) is 0 Å². The van der Waals surface area contributed by atoms with Gasteiger partial charge in [0.05, 0.1) is 0 Å². The molecule has 1 aromatic rings. The average molecular weight is 306 g/mol. The first-order chi connectivity index (χ1) is 6.86. The van der Waals surface area contributed by atoms with Gasteiger partial charge in [-0.3, -0.25) is 0 Å². The van der Waals surface area contributed by atoms with Crippen LogP contribution in [0.5, 0.6) is 0 Å². The van der Waals surface area contributed by atoms with Crippen LogP contribution in [-0.2, 0) is 0 Å². The summed E-state index contributed by atoms with van der Waals surface area (Å²) in [4.78, 5) is 0. The molecule has 0 radical (unpaired) electrons. The third-order valence-electron chi connectivity index (χ3n) is 1.61. The zero-order valence-corrected chi connectivity index (χ0v) is 10.6. The molecule has 0 saturated heterocycles. The molecule has 1 rings (SSSR count). The first-order valence-corrected chi connectivity index (χ1v) is 7.50. The van der Waals surface area contributed by atoms with Crippen LogP contribution in [0, 0.1) is 11.8 Å². The van der Waals surface area contributed by atoms with Crippen molar-refractivity contribution in [3.63, 3.8) is 0 Å². The molecule has 0 unspecified atom stereocenters. The molecular formula is C11H14O2Te. The Kier molecular flexibility index (Phi) is 5.80. The molecule has 76 valence electrons. The van der Waals surface area contributed by atoms with E-state index in [1.807, 2.05) is 12.1 Å². The molecule has 0 aliphatic heterocycles. The van der Waals surface area contributed by atoms with Gasteiger partial charge >= 0.3 is 94.8 Å². The Labute approximate surface area is 94.8 Å². The van der Waals surface area contributed by atoms with Crippen molar-refractivity contribution in [2.24, 2.45) is 0 Å². The molecule has 0 aliphatic carbocycles. The molecule has 0 spiro atoms. The van der Waals surface area contributed by atoms with E-state index in [2.05, 4.69) is 18.8 Å². The van der Waals surface area contributed by atoms with E-state index in [4.69, 9.17) is 9.52 Å². The molecule has 2 nitrogen and oxygen atoms in total. The topological polar surface area (TPSA) is 33.4 Å². The van der Waals surface area contributed by atoms with Gasteiger partial charge in [-0.2, -0.15) is 0 Å². The van der Waals surface area contributed by atoms with Gasteiger partial charge < -0.3 is 0 Å². The first-order valence-electron chi connectivity index (χ1n) is 4.69. The van der Waals surface area contributed by atoms with Crippen LogP contribution in [0.3, 0.4) is 0 Å². The number of hydrogen-bond donors (Lipinski definition) is 1. The van der Waals surface area contributed by atoms with Crippen LogP contribution >= 0.6 is 0 Å². The molecule has 1 aromatic heterocycles. The van der Waals surface area contributed by atoms with Crippen molar-refractivity contribution in [3.05, 3.63) is 17.9 Å². The number of unbranched alkanes of at least 4 members (excludes halogenated alkanes) is 1. The molecule has 0 amide bonds. The minimum atomic E-state index is -0.145. The standard InChI is InChI=1S/C11H14O2Te/c1-2-3-9-14-11-7-6-10(13-11)5-4-8-12/h6-7,12H,2-3,8-9H2,1H3. The van der Waals surface area contributed by atoms with Gasteiger partial charge in [0, 0.05) is 0 Å². The molecule has 14 heavy (non-hydrogen) atoms. The van der Waals surface area contributed by atoms with Gasteiger partial charge in [-0.1, -0.05) is 0 Å². The summed E-state index contributed by atoms with van der Waals surface area (Å²) in [6.45, 7) is 2.09. The van der Waals surface area contributed by atoms with E-state index in [-0.39, 0.29) is 27.5 Å². The van der Waals surface area contributed by atoms with Crippen molar-refractivity contribution < 1.29 is 9.52 Å². The van der Waals surface area contributed by atoms with E-state index in [0.717, 1.165) is 3.81 Å². The molecule has 0 aliphatic rings. The summed E-state index contributed by atoms with van der Waals surface area (Å²) >= 11 is -0.145. The third-order valence-corrected chi connectivity index (χ3v) is 4.46. The van der Waals surface area contributed by atoms with Gasteiger partial charge in [-0.05, 0) is 0 Å². The third kappa shape index (κ3) is 4.20. The van der Waals surface area contributed by atoms with E-state index in [0.29, 0.717) is 5.76 Å². The Morgan fingerprint density at radius 3 is 3.07 bits per heavy atom. The normalized spacial score (nSPS) is 9.57. The summed E-state index contributed by atoms with van der Waals surface area (Å²) in [5.41, 5.74) is 0. The van der Waals surface area contributed by atoms with E-state index in [9.17, 15) is 0 Å². The van der Waals surface area contributed by atoms with E-state index < -0.39 is 0 Å². The SMILES string of the molecule is CCCC[Te]c1ccc(C#CCO)o1. The van der Waals surface area contributed by atoms with E-state index in [1.165, 1.54) is 17.3 Å². The van der Waals surface area contributed by atoms with E-state index in [1.54, 1.807) is 0 Å². The number of aliphatic hydroxyl groups excluding tert-OH is 1. The van der Waals surface area contributed by atoms with E-state index >= 15 is 0 Å². The van der Waals surface area contributed by atoms with Crippen LogP contribution in [0.25, 0.3) is 0 Å². The summed E-state index contributed by atoms with van der Waals surface area (Å²) in [5, 5.41) is 8.50. The summed E-state index contributed by atoms with van der Waals surface area (Å²) < 4.78 is 7.92. The minimum absolute atomic E-state index is 0.109. The fraction of sp³-hybridized carbons (Fsp3) is 0.455. The first kappa shape index (κ1) is 11.7. The number of hydrogen-bond acceptors (Lipinski definition) is 2. The molecule has 0 saturated carbocycles. The molecule has 0 atom stereocenters. The van der Waals surface area contributed by atoms with Gasteiger partial charge in [-0.25, -0.2) is 0 Å². The van der Waals surface area contributed by atoms with Crippen molar-refractivity contribution in [3.8, 4) is 11.8 Å². The Morgan fingerprint density at radius 2 is 2.36 bits per heavy atom. The predicted octanol–water partition coefficient (Wildman–Crippen LogP) is 1.17. The summed E-state index contributed by atoms with van der Waals surface area (Å²) in [5.74, 6) is 6.01. The van der Waals surface area contributed by atoms with Crippen LogP contribution < -0.4 is 3.81 Å². The average Bonchev–Trinajstić information content (AvgIpc) is 2.63. The number of aliphatic hydroxyl groups is 1. The molecule has 1 heterocycles. The predicted molar refractivity (Wildman–Crippen MR) is 57.8 cm³/mol. The van der Waals surface area contributed by atoms with Crippen LogP contribution in [0.1, 0.15) is 25.5 Å². The fourth-order valence-corrected chi connectivity index (χ4v) is 3.61. The van der Waals surface area contributed by atoms with Gasteiger partial charge in [-0.15, -0.1) is 0 Å². The second-order valence-electron chi connectivity index (χ2n) is 2.78. The van der Waals surface area contributed by atoms with Gasteiger partial charge in [0.2, 0.25) is 0 Å². The number of rotatable bonds is 4. The van der Waals surface area contributed by atoms with Crippen LogP contribution in [0.15, 0.2) is 16.5 Å². The molecular weight excluding hydrogens is 292 g/mol. The quantitative estimate of drug-likeness (QED) is 0.515. The van der Waals surface area contributed by atoms with Gasteiger partial charge in [0.1, 0.15) is 0 Å². The Morgan fingerprint density at radius 1 is 1.50 bits per heavy atom. The van der Waals surface area contributed by atoms with Crippen molar-refractivity contribution in [2.45, 2.75) is 24.2 Å². The fourth-order valence-electron chi connectivity index (χ4n) is 0.909. The molecule has 0 aromatic carbocycles. The van der Waals surface area contributed by atoms with Gasteiger partial charge in [0.15, 0.2) is 0 Å². The second kappa shape index (κ2) is 6.96. The van der Waals surface area contributed by atoms with Crippen molar-refractivity contribution in [1.29, 1.82) is 0 Å². The Bertz CT molecular complexity index is 320. The van der Waals surface area contributed by atoms with Crippen molar-refractivity contribution in [2.75, 3.05) is 6.61 Å². The zero-order chi connectivity index (χ0) is 10.2. The second-order valence-corrected chi connectivity index (χ2v) is 5.92. The van der Waals surface area contributed by atoms with Gasteiger partial charge in [0.25, 0.3) is 0 Å². The van der Waals surface area contributed by atoms with Crippen LogP contribution in [-0.4, -0.2) is 32.6 Å². The number of furan rings is 1. The summed E-state index contributed by atoms with van der Waals surface area (Å²) in [6, 6.07) is 3.90. The Hall–Kier alpha value is -0.410. The maximum absolute atomic E-state index is 8.50. The van der Waals surface area contributed by atoms with Crippen molar-refractivity contribution >= 4 is 24.7 Å². The molecule has 0 fully saturated rings. The van der Waals surface area contributed by atoms with Crippen LogP contribution in [0.2, 0.25) is 4.47 Å². The summed E-state index contributed by atoms with van der Waals surface area (Å²) in [6.07, 6.45) is 2.54. The van der Waals surface area contributed by atoms with Crippen molar-refractivity contribution in [1.82, 2.24) is 0 Å².